The molecule has 0 aliphatic carbocycles. The van der Waals surface area contributed by atoms with Crippen molar-refractivity contribution < 1.29 is 9.53 Å². The van der Waals surface area contributed by atoms with Crippen LogP contribution < -0.4 is 10.1 Å². The van der Waals surface area contributed by atoms with Crippen LogP contribution in [-0.2, 0) is 13.2 Å². The summed E-state index contributed by atoms with van der Waals surface area (Å²) in [5.41, 5.74) is 3.89. The second-order valence-corrected chi connectivity index (χ2v) is 7.06. The fourth-order valence-corrected chi connectivity index (χ4v) is 3.07. The van der Waals surface area contributed by atoms with Gasteiger partial charge in [0.05, 0.1) is 17.5 Å². The van der Waals surface area contributed by atoms with E-state index < -0.39 is 0 Å². The predicted molar refractivity (Wildman–Crippen MR) is 115 cm³/mol. The molecule has 2 aromatic carbocycles. The Morgan fingerprint density at radius 2 is 1.83 bits per heavy atom. The third kappa shape index (κ3) is 4.85. The largest absolute Gasteiger partial charge is 0.473 e. The fraction of sp³-hybridized carbons (Fsp3) is 0.0870. The van der Waals surface area contributed by atoms with Crippen LogP contribution in [0.2, 0.25) is 5.02 Å². The van der Waals surface area contributed by atoms with E-state index in [1.807, 2.05) is 54.6 Å². The lowest BCUT2D eigenvalue weighted by atomic mass is 10.1. The lowest BCUT2D eigenvalue weighted by Crippen LogP contribution is -2.23. The summed E-state index contributed by atoms with van der Waals surface area (Å²) >= 11 is 5.94. The lowest BCUT2D eigenvalue weighted by Gasteiger charge is -2.09. The molecular formula is C23H19ClN4O2. The van der Waals surface area contributed by atoms with E-state index in [1.165, 1.54) is 6.20 Å². The molecule has 2 N–H and O–H groups in total. The SMILES string of the molecule is O=C(NCc1ccnc(OCc2ccccc2)c1)c1cn[nH]c1-c1ccc(Cl)cc1. The third-order valence-corrected chi connectivity index (χ3v) is 4.75. The number of H-pyrrole nitrogens is 1. The number of nitrogens with zero attached hydrogens (tertiary/aromatic N) is 2. The number of rotatable bonds is 7. The summed E-state index contributed by atoms with van der Waals surface area (Å²) in [6, 6.07) is 20.8. The molecule has 2 aromatic heterocycles. The molecule has 0 spiro atoms. The number of amides is 1. The number of benzene rings is 2. The van der Waals surface area contributed by atoms with Crippen LogP contribution in [0.25, 0.3) is 11.3 Å². The van der Waals surface area contributed by atoms with E-state index in [4.69, 9.17) is 16.3 Å². The quantitative estimate of drug-likeness (QED) is 0.458. The van der Waals surface area contributed by atoms with Gasteiger partial charge in [0, 0.05) is 29.4 Å². The van der Waals surface area contributed by atoms with Crippen molar-refractivity contribution in [3.8, 4) is 17.1 Å². The topological polar surface area (TPSA) is 79.9 Å². The first-order chi connectivity index (χ1) is 14.7. The van der Waals surface area contributed by atoms with E-state index in [0.717, 1.165) is 16.7 Å². The number of aromatic nitrogens is 3. The van der Waals surface area contributed by atoms with Crippen LogP contribution in [0.3, 0.4) is 0 Å². The van der Waals surface area contributed by atoms with Crippen molar-refractivity contribution in [2.24, 2.45) is 0 Å². The maximum atomic E-state index is 12.7. The average Bonchev–Trinajstić information content (AvgIpc) is 3.28. The van der Waals surface area contributed by atoms with Gasteiger partial charge in [0.2, 0.25) is 5.88 Å². The van der Waals surface area contributed by atoms with Gasteiger partial charge in [-0.1, -0.05) is 54.1 Å². The number of pyridine rings is 1. The molecule has 30 heavy (non-hydrogen) atoms. The van der Waals surface area contributed by atoms with Crippen LogP contribution in [0, 0.1) is 0 Å². The van der Waals surface area contributed by atoms with Gasteiger partial charge in [-0.25, -0.2) is 4.98 Å². The highest BCUT2D eigenvalue weighted by Gasteiger charge is 2.15. The van der Waals surface area contributed by atoms with Crippen LogP contribution in [-0.4, -0.2) is 21.1 Å². The number of aromatic amines is 1. The summed E-state index contributed by atoms with van der Waals surface area (Å²) in [5, 5.41) is 10.4. The number of hydrogen-bond donors (Lipinski definition) is 2. The number of carbonyl (C=O) groups excluding carboxylic acids is 1. The second kappa shape index (κ2) is 9.24. The Morgan fingerprint density at radius 1 is 1.03 bits per heavy atom. The fourth-order valence-electron chi connectivity index (χ4n) is 2.94. The molecule has 0 saturated carbocycles. The molecule has 4 rings (SSSR count). The molecular weight excluding hydrogens is 400 g/mol. The Balaban J connectivity index is 1.39. The molecule has 7 heteroatoms. The predicted octanol–water partition coefficient (Wildman–Crippen LogP) is 4.63. The van der Waals surface area contributed by atoms with E-state index in [9.17, 15) is 4.79 Å². The number of halogens is 1. The minimum Gasteiger partial charge on any atom is -0.473 e. The summed E-state index contributed by atoms with van der Waals surface area (Å²) < 4.78 is 5.75. The van der Waals surface area contributed by atoms with Crippen LogP contribution in [0.1, 0.15) is 21.5 Å². The number of nitrogens with one attached hydrogen (secondary N) is 2. The highest BCUT2D eigenvalue weighted by Crippen LogP contribution is 2.23. The monoisotopic (exact) mass is 418 g/mol. The highest BCUT2D eigenvalue weighted by molar-refractivity contribution is 6.30. The summed E-state index contributed by atoms with van der Waals surface area (Å²) in [6.45, 7) is 0.775. The Morgan fingerprint density at radius 3 is 2.63 bits per heavy atom. The lowest BCUT2D eigenvalue weighted by molar-refractivity contribution is 0.0951. The molecule has 2 heterocycles. The minimum absolute atomic E-state index is 0.225. The first-order valence-electron chi connectivity index (χ1n) is 9.38. The summed E-state index contributed by atoms with van der Waals surface area (Å²) in [5.74, 6) is 0.285. The van der Waals surface area contributed by atoms with Gasteiger partial charge in [-0.2, -0.15) is 5.10 Å². The van der Waals surface area contributed by atoms with Crippen molar-refractivity contribution in [2.45, 2.75) is 13.2 Å². The molecule has 0 aliphatic heterocycles. The second-order valence-electron chi connectivity index (χ2n) is 6.62. The third-order valence-electron chi connectivity index (χ3n) is 4.50. The Bertz CT molecular complexity index is 1130. The van der Waals surface area contributed by atoms with Crippen molar-refractivity contribution in [2.75, 3.05) is 0 Å². The van der Waals surface area contributed by atoms with E-state index in [0.29, 0.717) is 35.3 Å². The molecule has 6 nitrogen and oxygen atoms in total. The molecule has 1 amide bonds. The van der Waals surface area contributed by atoms with Crippen molar-refractivity contribution in [1.82, 2.24) is 20.5 Å². The highest BCUT2D eigenvalue weighted by atomic mass is 35.5. The van der Waals surface area contributed by atoms with Crippen molar-refractivity contribution >= 4 is 17.5 Å². The van der Waals surface area contributed by atoms with Crippen molar-refractivity contribution in [1.29, 1.82) is 0 Å². The summed E-state index contributed by atoms with van der Waals surface area (Å²) in [4.78, 5) is 16.9. The van der Waals surface area contributed by atoms with E-state index >= 15 is 0 Å². The van der Waals surface area contributed by atoms with Gasteiger partial charge in [0.1, 0.15) is 6.61 Å². The van der Waals surface area contributed by atoms with Crippen molar-refractivity contribution in [3.05, 3.63) is 101 Å². The van der Waals surface area contributed by atoms with Gasteiger partial charge < -0.3 is 10.1 Å². The molecule has 150 valence electrons. The van der Waals surface area contributed by atoms with Crippen LogP contribution in [0.4, 0.5) is 0 Å². The van der Waals surface area contributed by atoms with E-state index in [1.54, 1.807) is 18.3 Å². The molecule has 0 unspecified atom stereocenters. The molecule has 0 bridgehead atoms. The molecule has 0 atom stereocenters. The molecule has 0 aliphatic rings. The van der Waals surface area contributed by atoms with Gasteiger partial charge >= 0.3 is 0 Å². The Kier molecular flexibility index (Phi) is 6.06. The van der Waals surface area contributed by atoms with E-state index in [-0.39, 0.29) is 5.91 Å². The first-order valence-corrected chi connectivity index (χ1v) is 9.76. The van der Waals surface area contributed by atoms with Crippen LogP contribution in [0.5, 0.6) is 5.88 Å². The molecule has 0 fully saturated rings. The van der Waals surface area contributed by atoms with Gasteiger partial charge in [0.15, 0.2) is 0 Å². The Labute approximate surface area is 178 Å². The van der Waals surface area contributed by atoms with Gasteiger partial charge in [-0.05, 0) is 29.3 Å². The van der Waals surface area contributed by atoms with Crippen LogP contribution >= 0.6 is 11.6 Å². The van der Waals surface area contributed by atoms with E-state index in [2.05, 4.69) is 20.5 Å². The zero-order valence-corrected chi connectivity index (χ0v) is 16.8. The molecule has 0 saturated heterocycles. The summed E-state index contributed by atoms with van der Waals surface area (Å²) in [7, 11) is 0. The zero-order chi connectivity index (χ0) is 20.8. The average molecular weight is 419 g/mol. The van der Waals surface area contributed by atoms with Gasteiger partial charge in [-0.15, -0.1) is 0 Å². The first kappa shape index (κ1) is 19.7. The maximum absolute atomic E-state index is 12.7. The number of hydrogen-bond acceptors (Lipinski definition) is 4. The number of carbonyl (C=O) groups is 1. The zero-order valence-electron chi connectivity index (χ0n) is 16.0. The van der Waals surface area contributed by atoms with Crippen LogP contribution in [0.15, 0.2) is 79.1 Å². The normalized spacial score (nSPS) is 10.6. The van der Waals surface area contributed by atoms with Crippen molar-refractivity contribution in [3.63, 3.8) is 0 Å². The molecule has 4 aromatic rings. The molecule has 0 radical (unpaired) electrons. The van der Waals surface area contributed by atoms with Gasteiger partial charge in [-0.3, -0.25) is 9.89 Å². The summed E-state index contributed by atoms with van der Waals surface area (Å²) in [6.07, 6.45) is 3.18. The number of ether oxygens (including phenoxy) is 1. The smallest absolute Gasteiger partial charge is 0.255 e. The standard InChI is InChI=1S/C23H19ClN4O2/c24-19-8-6-18(7-9-19)22-20(14-27-28-22)23(29)26-13-17-10-11-25-21(12-17)30-15-16-4-2-1-3-5-16/h1-12,14H,13,15H2,(H,26,29)(H,27,28). The van der Waals surface area contributed by atoms with Gasteiger partial charge in [0.25, 0.3) is 5.91 Å². The Hall–Kier alpha value is -3.64. The minimum atomic E-state index is -0.225. The maximum Gasteiger partial charge on any atom is 0.255 e.